The maximum atomic E-state index is 4.85. The highest BCUT2D eigenvalue weighted by atomic mass is 127. The van der Waals surface area contributed by atoms with E-state index in [0.717, 1.165) is 33.4 Å². The lowest BCUT2D eigenvalue weighted by molar-refractivity contribution is 1.04. The maximum Gasteiger partial charge on any atom is 0.247 e. The third-order valence-electron chi connectivity index (χ3n) is 4.68. The zero-order valence-electron chi connectivity index (χ0n) is 17.2. The van der Waals surface area contributed by atoms with Gasteiger partial charge < -0.3 is 5.32 Å². The fraction of sp³-hybridized carbons (Fsp3) is 0.0833. The number of fused-ring (bicyclic) bond motifs is 1. The number of nitrogens with one attached hydrogen (secondary N) is 2. The molecule has 0 unspecified atom stereocenters. The van der Waals surface area contributed by atoms with Crippen molar-refractivity contribution >= 4 is 45.3 Å². The van der Waals surface area contributed by atoms with Gasteiger partial charge in [0, 0.05) is 10.9 Å². The Balaban J connectivity index is 0.00000112. The van der Waals surface area contributed by atoms with E-state index in [-0.39, 0.29) is 0 Å². The number of nitrogens with zero attached hydrogens (tertiary/aromatic N) is 4. The molecular formula is C24H21IN6. The molecule has 2 N–H and O–H groups in total. The van der Waals surface area contributed by atoms with Gasteiger partial charge in [0.25, 0.3) is 0 Å². The van der Waals surface area contributed by atoms with Gasteiger partial charge in [0.15, 0.2) is 5.82 Å². The number of anilines is 2. The minimum Gasteiger partial charge on any atom is -0.307 e. The van der Waals surface area contributed by atoms with E-state index in [9.17, 15) is 0 Å². The number of H-pyrrole nitrogens is 1. The van der Waals surface area contributed by atoms with Gasteiger partial charge in [0.2, 0.25) is 5.95 Å². The van der Waals surface area contributed by atoms with Crippen molar-refractivity contribution in [1.29, 1.82) is 0 Å². The molecule has 0 fully saturated rings. The lowest BCUT2D eigenvalue weighted by atomic mass is 9.99. The number of halogens is 1. The predicted molar refractivity (Wildman–Crippen MR) is 135 cm³/mol. The second-order valence-corrected chi connectivity index (χ2v) is 6.69. The molecule has 0 bridgehead atoms. The van der Waals surface area contributed by atoms with Crippen LogP contribution in [0.1, 0.15) is 5.82 Å². The number of aryl methyl sites for hydroxylation is 1. The molecule has 2 aromatic heterocycles. The van der Waals surface area contributed by atoms with E-state index in [2.05, 4.69) is 61.3 Å². The summed E-state index contributed by atoms with van der Waals surface area (Å²) in [6.07, 6.45) is 0. The molecule has 6 nitrogen and oxygen atoms in total. The lowest BCUT2D eigenvalue weighted by Crippen LogP contribution is -2.01. The Morgan fingerprint density at radius 3 is 2.16 bits per heavy atom. The first kappa shape index (κ1) is 20.9. The van der Waals surface area contributed by atoms with Gasteiger partial charge in [0.1, 0.15) is 11.6 Å². The molecule has 7 heteroatoms. The minimum atomic E-state index is 0.480. The largest absolute Gasteiger partial charge is 0.307 e. The summed E-state index contributed by atoms with van der Waals surface area (Å²) in [5.41, 5.74) is 4.04. The van der Waals surface area contributed by atoms with E-state index in [1.807, 2.05) is 72.5 Å². The van der Waals surface area contributed by atoms with Crippen molar-refractivity contribution in [2.75, 3.05) is 10.2 Å². The summed E-state index contributed by atoms with van der Waals surface area (Å²) in [7, 11) is 0. The number of hydrogen-bond donors (Lipinski definition) is 2. The summed E-state index contributed by atoms with van der Waals surface area (Å²) in [5, 5.41) is 11.2. The SMILES string of the molecule is CI.Cc1nc(Nc2nc(-c3ccccc3-c3ccccc3)nc3ccccc23)n[nH]1. The molecule has 0 amide bonds. The molecule has 0 atom stereocenters. The van der Waals surface area contributed by atoms with Crippen LogP contribution in [-0.2, 0) is 0 Å². The Labute approximate surface area is 194 Å². The van der Waals surface area contributed by atoms with E-state index in [4.69, 9.17) is 9.97 Å². The number of alkyl halides is 1. The van der Waals surface area contributed by atoms with Crippen LogP contribution in [0.3, 0.4) is 0 Å². The predicted octanol–water partition coefficient (Wildman–Crippen LogP) is 6.19. The fourth-order valence-corrected chi connectivity index (χ4v) is 3.34. The first-order valence-electron chi connectivity index (χ1n) is 9.73. The summed E-state index contributed by atoms with van der Waals surface area (Å²) < 4.78 is 0. The van der Waals surface area contributed by atoms with Crippen molar-refractivity contribution in [3.05, 3.63) is 84.7 Å². The first-order chi connectivity index (χ1) is 15.3. The van der Waals surface area contributed by atoms with Crippen LogP contribution < -0.4 is 5.32 Å². The van der Waals surface area contributed by atoms with E-state index in [1.54, 1.807) is 0 Å². The Hall–Kier alpha value is -3.33. The highest BCUT2D eigenvalue weighted by Crippen LogP contribution is 2.32. The Morgan fingerprint density at radius 2 is 1.42 bits per heavy atom. The van der Waals surface area contributed by atoms with E-state index in [1.165, 1.54) is 0 Å². The van der Waals surface area contributed by atoms with Gasteiger partial charge in [-0.15, -0.1) is 5.10 Å². The summed E-state index contributed by atoms with van der Waals surface area (Å²) in [6.45, 7) is 1.86. The van der Waals surface area contributed by atoms with Crippen LogP contribution in [0.4, 0.5) is 11.8 Å². The minimum absolute atomic E-state index is 0.480. The van der Waals surface area contributed by atoms with Crippen LogP contribution in [0.5, 0.6) is 0 Å². The quantitative estimate of drug-likeness (QED) is 0.218. The standard InChI is InChI=1S/C23H18N6.CH3I/c1-15-24-23(29-28-15)27-22-19-13-7-8-14-20(19)25-21(26-22)18-12-6-5-11-17(18)16-9-3-2-4-10-16;1-2/h2-14H,1H3,(H2,24,25,26,27,28,29);1H3. The van der Waals surface area contributed by atoms with Crippen LogP contribution in [-0.4, -0.2) is 30.1 Å². The topological polar surface area (TPSA) is 79.4 Å². The van der Waals surface area contributed by atoms with Crippen molar-refractivity contribution in [1.82, 2.24) is 25.1 Å². The average molecular weight is 520 g/mol. The number of aromatic nitrogens is 5. The normalized spacial score (nSPS) is 10.4. The molecule has 0 aliphatic carbocycles. The van der Waals surface area contributed by atoms with Crippen LogP contribution in [0.15, 0.2) is 78.9 Å². The summed E-state index contributed by atoms with van der Waals surface area (Å²) in [6, 6.07) is 26.4. The molecular weight excluding hydrogens is 499 g/mol. The highest BCUT2D eigenvalue weighted by molar-refractivity contribution is 14.1. The van der Waals surface area contributed by atoms with Crippen LogP contribution in [0.25, 0.3) is 33.4 Å². The molecule has 0 aliphatic heterocycles. The van der Waals surface area contributed by atoms with E-state index < -0.39 is 0 Å². The molecule has 0 saturated carbocycles. The Kier molecular flexibility index (Phi) is 6.51. The van der Waals surface area contributed by atoms with Gasteiger partial charge >= 0.3 is 0 Å². The molecule has 5 aromatic rings. The van der Waals surface area contributed by atoms with Crippen molar-refractivity contribution < 1.29 is 0 Å². The van der Waals surface area contributed by atoms with Crippen molar-refractivity contribution in [2.45, 2.75) is 6.92 Å². The molecule has 0 radical (unpaired) electrons. The van der Waals surface area contributed by atoms with Crippen molar-refractivity contribution in [2.24, 2.45) is 0 Å². The van der Waals surface area contributed by atoms with Gasteiger partial charge in [-0.3, -0.25) is 5.10 Å². The molecule has 0 spiro atoms. The number of aromatic amines is 1. The maximum absolute atomic E-state index is 4.85. The van der Waals surface area contributed by atoms with E-state index in [0.29, 0.717) is 17.6 Å². The first-order valence-corrected chi connectivity index (χ1v) is 11.9. The van der Waals surface area contributed by atoms with Gasteiger partial charge in [-0.25, -0.2) is 9.97 Å². The zero-order chi connectivity index (χ0) is 21.6. The van der Waals surface area contributed by atoms with Crippen LogP contribution in [0, 0.1) is 6.92 Å². The van der Waals surface area contributed by atoms with E-state index >= 15 is 0 Å². The summed E-state index contributed by atoms with van der Waals surface area (Å²) in [5.74, 6) is 2.54. The number of rotatable bonds is 4. The second kappa shape index (κ2) is 9.65. The summed E-state index contributed by atoms with van der Waals surface area (Å²) >= 11 is 2.15. The second-order valence-electron chi connectivity index (χ2n) is 6.69. The number of benzene rings is 3. The molecule has 3 aromatic carbocycles. The molecule has 0 saturated heterocycles. The molecule has 2 heterocycles. The smallest absolute Gasteiger partial charge is 0.247 e. The summed E-state index contributed by atoms with van der Waals surface area (Å²) in [4.78, 5) is 16.0. The monoisotopic (exact) mass is 520 g/mol. The molecule has 5 rings (SSSR count). The van der Waals surface area contributed by atoms with Gasteiger partial charge in [-0.05, 0) is 35.1 Å². The number of para-hydroxylation sites is 1. The fourth-order valence-electron chi connectivity index (χ4n) is 3.34. The molecule has 154 valence electrons. The van der Waals surface area contributed by atoms with Gasteiger partial charge in [-0.1, -0.05) is 89.3 Å². The van der Waals surface area contributed by atoms with Crippen molar-refractivity contribution in [3.63, 3.8) is 0 Å². The van der Waals surface area contributed by atoms with Gasteiger partial charge in [-0.2, -0.15) is 4.98 Å². The molecule has 31 heavy (non-hydrogen) atoms. The van der Waals surface area contributed by atoms with Crippen LogP contribution >= 0.6 is 22.6 Å². The zero-order valence-corrected chi connectivity index (χ0v) is 19.3. The third kappa shape index (κ3) is 4.56. The average Bonchev–Trinajstić information content (AvgIpc) is 3.25. The highest BCUT2D eigenvalue weighted by Gasteiger charge is 2.14. The Bertz CT molecular complexity index is 1300. The van der Waals surface area contributed by atoms with Crippen molar-refractivity contribution in [3.8, 4) is 22.5 Å². The van der Waals surface area contributed by atoms with Gasteiger partial charge in [0.05, 0.1) is 5.52 Å². The number of hydrogen-bond acceptors (Lipinski definition) is 5. The molecule has 0 aliphatic rings. The third-order valence-corrected chi connectivity index (χ3v) is 4.68. The Morgan fingerprint density at radius 1 is 0.742 bits per heavy atom. The van der Waals surface area contributed by atoms with Crippen LogP contribution in [0.2, 0.25) is 0 Å². The lowest BCUT2D eigenvalue weighted by Gasteiger charge is -2.12.